The lowest BCUT2D eigenvalue weighted by Gasteiger charge is -2.30. The van der Waals surface area contributed by atoms with Gasteiger partial charge < -0.3 is 10.6 Å². The molecule has 1 saturated heterocycles. The van der Waals surface area contributed by atoms with Crippen LogP contribution in [0, 0.1) is 16.0 Å². The Kier molecular flexibility index (Phi) is 7.13. The maximum atomic E-state index is 12.1. The van der Waals surface area contributed by atoms with Crippen molar-refractivity contribution in [2.24, 2.45) is 5.92 Å². The van der Waals surface area contributed by atoms with Crippen LogP contribution >= 0.6 is 0 Å². The monoisotopic (exact) mass is 410 g/mol. The Morgan fingerprint density at radius 3 is 2.50 bits per heavy atom. The van der Waals surface area contributed by atoms with Gasteiger partial charge in [0, 0.05) is 29.9 Å². The molecule has 1 heterocycles. The van der Waals surface area contributed by atoms with E-state index in [1.807, 2.05) is 24.3 Å². The van der Waals surface area contributed by atoms with Gasteiger partial charge in [-0.15, -0.1) is 0 Å². The first-order chi connectivity index (χ1) is 14.4. The van der Waals surface area contributed by atoms with Crippen molar-refractivity contribution in [3.63, 3.8) is 0 Å². The van der Waals surface area contributed by atoms with E-state index in [0.717, 1.165) is 25.6 Å². The maximum Gasteiger partial charge on any atom is 0.270 e. The number of anilines is 1. The summed E-state index contributed by atoms with van der Waals surface area (Å²) in [7, 11) is 0. The van der Waals surface area contributed by atoms with Gasteiger partial charge in [0.25, 0.3) is 11.6 Å². The van der Waals surface area contributed by atoms with Gasteiger partial charge in [-0.25, -0.2) is 0 Å². The number of rotatable bonds is 7. The van der Waals surface area contributed by atoms with Gasteiger partial charge in [-0.3, -0.25) is 24.6 Å². The van der Waals surface area contributed by atoms with Crippen molar-refractivity contribution in [3.05, 3.63) is 69.8 Å². The van der Waals surface area contributed by atoms with Gasteiger partial charge in [-0.2, -0.15) is 0 Å². The predicted octanol–water partition coefficient (Wildman–Crippen LogP) is 3.20. The number of nitro groups is 1. The molecule has 0 aliphatic carbocycles. The van der Waals surface area contributed by atoms with Crippen molar-refractivity contribution in [1.82, 2.24) is 10.2 Å². The molecule has 0 saturated carbocycles. The van der Waals surface area contributed by atoms with Crippen LogP contribution in [0.1, 0.15) is 35.7 Å². The molecule has 2 aromatic rings. The quantitative estimate of drug-likeness (QED) is 0.539. The third-order valence-electron chi connectivity index (χ3n) is 5.25. The number of hydrogen-bond acceptors (Lipinski definition) is 5. The number of benzene rings is 2. The molecular weight excluding hydrogens is 384 g/mol. The lowest BCUT2D eigenvalue weighted by molar-refractivity contribution is -0.384. The van der Waals surface area contributed by atoms with E-state index in [1.165, 1.54) is 42.7 Å². The third kappa shape index (κ3) is 6.12. The first-order valence-corrected chi connectivity index (χ1v) is 10.0. The zero-order valence-electron chi connectivity index (χ0n) is 17.0. The molecule has 3 rings (SSSR count). The van der Waals surface area contributed by atoms with E-state index in [9.17, 15) is 19.7 Å². The van der Waals surface area contributed by atoms with Crippen LogP contribution in [0.3, 0.4) is 0 Å². The lowest BCUT2D eigenvalue weighted by Crippen LogP contribution is -2.33. The van der Waals surface area contributed by atoms with Crippen LogP contribution in [-0.4, -0.2) is 41.3 Å². The Hall–Kier alpha value is -3.26. The average Bonchev–Trinajstić information content (AvgIpc) is 2.75. The summed E-state index contributed by atoms with van der Waals surface area (Å²) in [6.45, 7) is 5.20. The molecule has 1 aliphatic rings. The minimum Gasteiger partial charge on any atom is -0.343 e. The molecule has 2 amide bonds. The Bertz CT molecular complexity index is 906. The summed E-state index contributed by atoms with van der Waals surface area (Å²) >= 11 is 0. The molecule has 0 radical (unpaired) electrons. The van der Waals surface area contributed by atoms with Crippen LogP contribution in [0.2, 0.25) is 0 Å². The minimum absolute atomic E-state index is 0.133. The number of carbonyl (C=O) groups excluding carboxylic acids is 2. The van der Waals surface area contributed by atoms with Crippen molar-refractivity contribution >= 4 is 23.2 Å². The zero-order chi connectivity index (χ0) is 21.5. The number of nitro benzene ring substituents is 1. The largest absolute Gasteiger partial charge is 0.343 e. The van der Waals surface area contributed by atoms with Crippen LogP contribution in [0.25, 0.3) is 0 Å². The van der Waals surface area contributed by atoms with Gasteiger partial charge in [0.1, 0.15) is 0 Å². The fourth-order valence-corrected chi connectivity index (χ4v) is 3.40. The van der Waals surface area contributed by atoms with E-state index >= 15 is 0 Å². The molecule has 1 fully saturated rings. The highest BCUT2D eigenvalue weighted by molar-refractivity contribution is 5.99. The van der Waals surface area contributed by atoms with E-state index < -0.39 is 10.8 Å². The number of likely N-dealkylation sites (tertiary alicyclic amines) is 1. The second-order valence-corrected chi connectivity index (χ2v) is 7.69. The molecule has 1 aliphatic heterocycles. The first kappa shape index (κ1) is 21.4. The molecule has 0 unspecified atom stereocenters. The highest BCUT2D eigenvalue weighted by Crippen LogP contribution is 2.19. The van der Waals surface area contributed by atoms with Gasteiger partial charge in [0.2, 0.25) is 5.91 Å². The van der Waals surface area contributed by atoms with Crippen molar-refractivity contribution in [2.45, 2.75) is 26.3 Å². The molecule has 30 heavy (non-hydrogen) atoms. The van der Waals surface area contributed by atoms with Crippen molar-refractivity contribution in [2.75, 3.05) is 25.0 Å². The van der Waals surface area contributed by atoms with Crippen molar-refractivity contribution in [1.29, 1.82) is 0 Å². The van der Waals surface area contributed by atoms with E-state index in [4.69, 9.17) is 0 Å². The molecular formula is C22H26N4O4. The Labute approximate surface area is 175 Å². The molecule has 0 spiro atoms. The molecule has 8 nitrogen and oxygen atoms in total. The lowest BCUT2D eigenvalue weighted by atomic mass is 9.99. The second kappa shape index (κ2) is 9.98. The number of piperidine rings is 1. The molecule has 0 bridgehead atoms. The van der Waals surface area contributed by atoms with Crippen LogP contribution in [0.5, 0.6) is 0 Å². The number of non-ortho nitro benzene ring substituents is 1. The number of nitrogens with one attached hydrogen (secondary N) is 2. The number of amides is 2. The highest BCUT2D eigenvalue weighted by Gasteiger charge is 2.16. The summed E-state index contributed by atoms with van der Waals surface area (Å²) in [5.41, 5.74) is 1.81. The number of hydrogen-bond donors (Lipinski definition) is 2. The predicted molar refractivity (Wildman–Crippen MR) is 114 cm³/mol. The van der Waals surface area contributed by atoms with E-state index in [1.54, 1.807) is 0 Å². The van der Waals surface area contributed by atoms with Gasteiger partial charge in [-0.1, -0.05) is 25.1 Å². The van der Waals surface area contributed by atoms with Gasteiger partial charge in [-0.05, 0) is 55.6 Å². The summed E-state index contributed by atoms with van der Waals surface area (Å²) < 4.78 is 0. The summed E-state index contributed by atoms with van der Waals surface area (Å²) in [6.07, 6.45) is 2.46. The number of nitrogens with zero attached hydrogens (tertiary/aromatic N) is 2. The maximum absolute atomic E-state index is 12.1. The van der Waals surface area contributed by atoms with Crippen molar-refractivity contribution in [3.8, 4) is 0 Å². The molecule has 0 atom stereocenters. The fraction of sp³-hybridized carbons (Fsp3) is 0.364. The van der Waals surface area contributed by atoms with Gasteiger partial charge >= 0.3 is 0 Å². The SMILES string of the molecule is CC1CCN(Cc2ccc(NC(=O)CNC(=O)c3cccc([N+](=O)[O-])c3)cc2)CC1. The highest BCUT2D eigenvalue weighted by atomic mass is 16.6. The van der Waals surface area contributed by atoms with Crippen LogP contribution < -0.4 is 10.6 Å². The summed E-state index contributed by atoms with van der Waals surface area (Å²) in [4.78, 5) is 36.9. The number of carbonyl (C=O) groups is 2. The zero-order valence-corrected chi connectivity index (χ0v) is 17.0. The van der Waals surface area contributed by atoms with Crippen LogP contribution in [0.15, 0.2) is 48.5 Å². The summed E-state index contributed by atoms with van der Waals surface area (Å²) in [6, 6.07) is 13.1. The molecule has 8 heteroatoms. The van der Waals surface area contributed by atoms with Crippen LogP contribution in [-0.2, 0) is 11.3 Å². The van der Waals surface area contributed by atoms with E-state index in [-0.39, 0.29) is 23.7 Å². The Morgan fingerprint density at radius 2 is 1.83 bits per heavy atom. The molecule has 2 aromatic carbocycles. The van der Waals surface area contributed by atoms with Crippen LogP contribution in [0.4, 0.5) is 11.4 Å². The Morgan fingerprint density at radius 1 is 1.13 bits per heavy atom. The van der Waals surface area contributed by atoms with Gasteiger partial charge in [0.05, 0.1) is 11.5 Å². The summed E-state index contributed by atoms with van der Waals surface area (Å²) in [5.74, 6) is -0.108. The summed E-state index contributed by atoms with van der Waals surface area (Å²) in [5, 5.41) is 16.0. The first-order valence-electron chi connectivity index (χ1n) is 10.0. The molecule has 158 valence electrons. The van der Waals surface area contributed by atoms with E-state index in [2.05, 4.69) is 22.5 Å². The fourth-order valence-electron chi connectivity index (χ4n) is 3.40. The smallest absolute Gasteiger partial charge is 0.270 e. The second-order valence-electron chi connectivity index (χ2n) is 7.69. The normalized spacial score (nSPS) is 14.8. The molecule has 0 aromatic heterocycles. The standard InChI is InChI=1S/C22H26N4O4/c1-16-9-11-25(12-10-16)15-17-5-7-19(8-6-17)24-21(27)14-23-22(28)18-3-2-4-20(13-18)26(29)30/h2-8,13,16H,9-12,14-15H2,1H3,(H,23,28)(H,24,27). The topological polar surface area (TPSA) is 105 Å². The average molecular weight is 410 g/mol. The Balaban J connectivity index is 1.46. The van der Waals surface area contributed by atoms with E-state index in [0.29, 0.717) is 5.69 Å². The van der Waals surface area contributed by atoms with Crippen molar-refractivity contribution < 1.29 is 14.5 Å². The minimum atomic E-state index is -0.570. The third-order valence-corrected chi connectivity index (χ3v) is 5.25. The molecule has 2 N–H and O–H groups in total. The van der Waals surface area contributed by atoms with Gasteiger partial charge in [0.15, 0.2) is 0 Å².